The van der Waals surface area contributed by atoms with Gasteiger partial charge in [0.05, 0.1) is 23.9 Å². The van der Waals surface area contributed by atoms with E-state index in [1.54, 1.807) is 24.3 Å². The SMILES string of the molecule is COc1ccc(NS(=O)(=O)c2ccc3c(c2)CCCC3)cn1. The summed E-state index contributed by atoms with van der Waals surface area (Å²) in [6.45, 7) is 0. The van der Waals surface area contributed by atoms with Crippen LogP contribution in [0.1, 0.15) is 24.0 Å². The minimum atomic E-state index is -3.60. The molecular formula is C16H18N2O3S. The number of aryl methyl sites for hydroxylation is 2. The van der Waals surface area contributed by atoms with Crippen molar-refractivity contribution in [1.82, 2.24) is 4.98 Å². The topological polar surface area (TPSA) is 68.3 Å². The number of benzene rings is 1. The highest BCUT2D eigenvalue weighted by Gasteiger charge is 2.18. The first-order chi connectivity index (χ1) is 10.6. The number of fused-ring (bicyclic) bond motifs is 1. The van der Waals surface area contributed by atoms with Gasteiger partial charge in [-0.1, -0.05) is 6.07 Å². The zero-order chi connectivity index (χ0) is 15.6. The lowest BCUT2D eigenvalue weighted by Crippen LogP contribution is -2.14. The Balaban J connectivity index is 1.85. The Morgan fingerprint density at radius 2 is 1.86 bits per heavy atom. The molecule has 0 atom stereocenters. The van der Waals surface area contributed by atoms with Gasteiger partial charge in [-0.05, 0) is 55.0 Å². The van der Waals surface area contributed by atoms with Gasteiger partial charge in [0.25, 0.3) is 10.0 Å². The number of hydrogen-bond donors (Lipinski definition) is 1. The van der Waals surface area contributed by atoms with Gasteiger partial charge in [0.1, 0.15) is 0 Å². The molecule has 1 aromatic heterocycles. The summed E-state index contributed by atoms with van der Waals surface area (Å²) in [5, 5.41) is 0. The van der Waals surface area contributed by atoms with E-state index in [0.717, 1.165) is 24.8 Å². The third kappa shape index (κ3) is 3.06. The quantitative estimate of drug-likeness (QED) is 0.941. The highest BCUT2D eigenvalue weighted by molar-refractivity contribution is 7.92. The van der Waals surface area contributed by atoms with Crippen LogP contribution < -0.4 is 9.46 Å². The fourth-order valence-corrected chi connectivity index (χ4v) is 3.75. The number of rotatable bonds is 4. The number of ether oxygens (including phenoxy) is 1. The van der Waals surface area contributed by atoms with E-state index in [1.807, 2.05) is 6.07 Å². The lowest BCUT2D eigenvalue weighted by atomic mass is 9.92. The number of hydrogen-bond acceptors (Lipinski definition) is 4. The number of methoxy groups -OCH3 is 1. The van der Waals surface area contributed by atoms with Crippen molar-refractivity contribution in [3.8, 4) is 5.88 Å². The Kier molecular flexibility index (Phi) is 4.02. The molecule has 0 unspecified atom stereocenters. The molecule has 6 heteroatoms. The van der Waals surface area contributed by atoms with Crippen LogP contribution in [-0.4, -0.2) is 20.5 Å². The van der Waals surface area contributed by atoms with Gasteiger partial charge >= 0.3 is 0 Å². The molecule has 0 amide bonds. The van der Waals surface area contributed by atoms with Gasteiger partial charge in [-0.15, -0.1) is 0 Å². The highest BCUT2D eigenvalue weighted by atomic mass is 32.2. The third-order valence-corrected chi connectivity index (χ3v) is 5.21. The Morgan fingerprint density at radius 3 is 2.55 bits per heavy atom. The lowest BCUT2D eigenvalue weighted by Gasteiger charge is -2.17. The Labute approximate surface area is 130 Å². The van der Waals surface area contributed by atoms with Crippen LogP contribution in [0.25, 0.3) is 0 Å². The van der Waals surface area contributed by atoms with E-state index in [9.17, 15) is 8.42 Å². The van der Waals surface area contributed by atoms with Crippen LogP contribution in [0.3, 0.4) is 0 Å². The summed E-state index contributed by atoms with van der Waals surface area (Å²) in [6.07, 6.45) is 5.71. The molecule has 1 aliphatic carbocycles. The third-order valence-electron chi connectivity index (χ3n) is 3.83. The second-order valence-corrected chi connectivity index (χ2v) is 7.01. The summed E-state index contributed by atoms with van der Waals surface area (Å²) >= 11 is 0. The molecule has 0 saturated heterocycles. The van der Waals surface area contributed by atoms with E-state index in [0.29, 0.717) is 16.5 Å². The van der Waals surface area contributed by atoms with Gasteiger partial charge in [0, 0.05) is 6.07 Å². The van der Waals surface area contributed by atoms with Crippen molar-refractivity contribution < 1.29 is 13.2 Å². The average molecular weight is 318 g/mol. The zero-order valence-corrected chi connectivity index (χ0v) is 13.2. The molecule has 0 saturated carbocycles. The number of sulfonamides is 1. The van der Waals surface area contributed by atoms with Gasteiger partial charge in [-0.2, -0.15) is 0 Å². The molecule has 116 valence electrons. The predicted octanol–water partition coefficient (Wildman–Crippen LogP) is 2.77. The number of nitrogens with one attached hydrogen (secondary N) is 1. The van der Waals surface area contributed by atoms with Crippen LogP contribution in [0.5, 0.6) is 5.88 Å². The molecule has 5 nitrogen and oxygen atoms in total. The van der Waals surface area contributed by atoms with E-state index in [1.165, 1.54) is 25.3 Å². The maximum Gasteiger partial charge on any atom is 0.261 e. The molecule has 1 heterocycles. The lowest BCUT2D eigenvalue weighted by molar-refractivity contribution is 0.398. The van der Waals surface area contributed by atoms with E-state index in [2.05, 4.69) is 9.71 Å². The molecule has 1 N–H and O–H groups in total. The highest BCUT2D eigenvalue weighted by Crippen LogP contribution is 2.25. The fraction of sp³-hybridized carbons (Fsp3) is 0.312. The minimum Gasteiger partial charge on any atom is -0.481 e. The van der Waals surface area contributed by atoms with Crippen molar-refractivity contribution >= 4 is 15.7 Å². The molecule has 2 aromatic rings. The number of aromatic nitrogens is 1. The Morgan fingerprint density at radius 1 is 1.09 bits per heavy atom. The van der Waals surface area contributed by atoms with Crippen molar-refractivity contribution in [2.75, 3.05) is 11.8 Å². The molecule has 1 aliphatic rings. The molecule has 1 aromatic carbocycles. The number of pyridine rings is 1. The summed E-state index contributed by atoms with van der Waals surface area (Å²) in [6, 6.07) is 8.62. The van der Waals surface area contributed by atoms with Gasteiger partial charge in [0.2, 0.25) is 5.88 Å². The van der Waals surface area contributed by atoms with Crippen molar-refractivity contribution in [2.45, 2.75) is 30.6 Å². The molecule has 0 radical (unpaired) electrons. The fourth-order valence-electron chi connectivity index (χ4n) is 2.65. The summed E-state index contributed by atoms with van der Waals surface area (Å²) in [4.78, 5) is 4.29. The summed E-state index contributed by atoms with van der Waals surface area (Å²) < 4.78 is 32.4. The molecule has 0 fully saturated rings. The average Bonchev–Trinajstić information content (AvgIpc) is 2.55. The van der Waals surface area contributed by atoms with E-state index in [-0.39, 0.29) is 0 Å². The van der Waals surface area contributed by atoms with Gasteiger partial charge in [0.15, 0.2) is 0 Å². The van der Waals surface area contributed by atoms with Gasteiger partial charge in [-0.25, -0.2) is 13.4 Å². The Bertz CT molecular complexity index is 770. The Hall–Kier alpha value is -2.08. The van der Waals surface area contributed by atoms with E-state index >= 15 is 0 Å². The zero-order valence-electron chi connectivity index (χ0n) is 12.4. The van der Waals surface area contributed by atoms with Crippen LogP contribution >= 0.6 is 0 Å². The number of anilines is 1. The van der Waals surface area contributed by atoms with Crippen LogP contribution in [0, 0.1) is 0 Å². The normalized spacial score (nSPS) is 14.2. The van der Waals surface area contributed by atoms with E-state index in [4.69, 9.17) is 4.74 Å². The first-order valence-electron chi connectivity index (χ1n) is 7.23. The number of nitrogens with zero attached hydrogens (tertiary/aromatic N) is 1. The second-order valence-electron chi connectivity index (χ2n) is 5.33. The molecule has 0 bridgehead atoms. The predicted molar refractivity (Wildman–Crippen MR) is 84.7 cm³/mol. The van der Waals surface area contributed by atoms with Gasteiger partial charge < -0.3 is 4.74 Å². The molecule has 0 spiro atoms. The van der Waals surface area contributed by atoms with Crippen LogP contribution in [0.4, 0.5) is 5.69 Å². The van der Waals surface area contributed by atoms with Crippen LogP contribution in [-0.2, 0) is 22.9 Å². The maximum absolute atomic E-state index is 12.5. The minimum absolute atomic E-state index is 0.295. The maximum atomic E-state index is 12.5. The first kappa shape index (κ1) is 14.8. The van der Waals surface area contributed by atoms with Crippen molar-refractivity contribution in [3.63, 3.8) is 0 Å². The van der Waals surface area contributed by atoms with E-state index < -0.39 is 10.0 Å². The van der Waals surface area contributed by atoms with Crippen molar-refractivity contribution in [3.05, 3.63) is 47.7 Å². The monoisotopic (exact) mass is 318 g/mol. The van der Waals surface area contributed by atoms with Gasteiger partial charge in [-0.3, -0.25) is 4.72 Å². The smallest absolute Gasteiger partial charge is 0.261 e. The molecule has 22 heavy (non-hydrogen) atoms. The molecule has 3 rings (SSSR count). The second kappa shape index (κ2) is 5.96. The summed E-state index contributed by atoms with van der Waals surface area (Å²) in [7, 11) is -2.08. The first-order valence-corrected chi connectivity index (χ1v) is 8.71. The van der Waals surface area contributed by atoms with Crippen LogP contribution in [0.2, 0.25) is 0 Å². The van der Waals surface area contributed by atoms with Crippen molar-refractivity contribution in [1.29, 1.82) is 0 Å². The summed E-state index contributed by atoms with van der Waals surface area (Å²) in [5.41, 5.74) is 2.82. The van der Waals surface area contributed by atoms with Crippen LogP contribution in [0.15, 0.2) is 41.4 Å². The standard InChI is InChI=1S/C16H18N2O3S/c1-21-16-9-7-14(11-17-16)18-22(19,20)15-8-6-12-4-2-3-5-13(12)10-15/h6-11,18H,2-5H2,1H3. The largest absolute Gasteiger partial charge is 0.481 e. The summed E-state index contributed by atoms with van der Waals surface area (Å²) in [5.74, 6) is 0.441. The molecule has 0 aliphatic heterocycles. The van der Waals surface area contributed by atoms with Crippen molar-refractivity contribution in [2.24, 2.45) is 0 Å². The molecular weight excluding hydrogens is 300 g/mol.